The molecule has 0 bridgehead atoms. The molecule has 0 aliphatic heterocycles. The molecule has 1 saturated carbocycles. The third kappa shape index (κ3) is 2.86. The van der Waals surface area contributed by atoms with Gasteiger partial charge >= 0.3 is 0 Å². The van der Waals surface area contributed by atoms with Gasteiger partial charge in [-0.2, -0.15) is 0 Å². The Hall–Kier alpha value is -1.22. The minimum atomic E-state index is 0.656. The molecule has 1 fully saturated rings. The highest BCUT2D eigenvalue weighted by Gasteiger charge is 2.36. The first-order chi connectivity index (χ1) is 9.13. The molecule has 2 aromatic rings. The molecule has 3 heteroatoms. The Morgan fingerprint density at radius 3 is 2.79 bits per heavy atom. The summed E-state index contributed by atoms with van der Waals surface area (Å²) in [4.78, 5) is 0. The predicted molar refractivity (Wildman–Crippen MR) is 81.4 cm³/mol. The van der Waals surface area contributed by atoms with Crippen LogP contribution >= 0.6 is 15.9 Å². The maximum atomic E-state index is 5.89. The van der Waals surface area contributed by atoms with Gasteiger partial charge in [-0.25, -0.2) is 0 Å². The van der Waals surface area contributed by atoms with Crippen LogP contribution in [-0.2, 0) is 6.54 Å². The van der Waals surface area contributed by atoms with Crippen molar-refractivity contribution < 1.29 is 4.42 Å². The molecule has 2 unspecified atom stereocenters. The van der Waals surface area contributed by atoms with E-state index < -0.39 is 0 Å². The fourth-order valence-corrected chi connectivity index (χ4v) is 2.89. The first kappa shape index (κ1) is 12.8. The molecule has 2 nitrogen and oxygen atoms in total. The molecule has 0 amide bonds. The Bertz CT molecular complexity index is 590. The molecule has 1 heterocycles. The molecule has 1 aliphatic rings. The molecule has 3 rings (SSSR count). The zero-order valence-corrected chi connectivity index (χ0v) is 12.8. The quantitative estimate of drug-likeness (QED) is 0.849. The summed E-state index contributed by atoms with van der Waals surface area (Å²) < 4.78 is 7.00. The molecule has 1 aromatic heterocycles. The van der Waals surface area contributed by atoms with E-state index in [9.17, 15) is 0 Å². The minimum absolute atomic E-state index is 0.656. The first-order valence-electron chi connectivity index (χ1n) is 6.72. The number of hydrogen-bond acceptors (Lipinski definition) is 2. The van der Waals surface area contributed by atoms with Crippen LogP contribution < -0.4 is 5.32 Å². The highest BCUT2D eigenvalue weighted by Crippen LogP contribution is 2.47. The molecule has 0 spiro atoms. The van der Waals surface area contributed by atoms with Crippen LogP contribution in [0.5, 0.6) is 0 Å². The fourth-order valence-electron chi connectivity index (χ4n) is 2.42. The normalized spacial score (nSPS) is 21.4. The summed E-state index contributed by atoms with van der Waals surface area (Å²) in [7, 11) is 0. The molecular weight excluding hydrogens is 302 g/mol. The molecule has 0 radical (unpaired) electrons. The van der Waals surface area contributed by atoms with Gasteiger partial charge in [0.1, 0.15) is 11.5 Å². The van der Waals surface area contributed by atoms with Crippen molar-refractivity contribution in [2.24, 2.45) is 5.92 Å². The summed E-state index contributed by atoms with van der Waals surface area (Å²) in [6, 6.07) is 10.5. The van der Waals surface area contributed by atoms with Gasteiger partial charge in [-0.05, 0) is 55.2 Å². The van der Waals surface area contributed by atoms with E-state index in [2.05, 4.69) is 65.4 Å². The van der Waals surface area contributed by atoms with Crippen molar-refractivity contribution in [3.63, 3.8) is 0 Å². The van der Waals surface area contributed by atoms with Crippen LogP contribution in [-0.4, -0.2) is 0 Å². The maximum absolute atomic E-state index is 5.89. The Kier molecular flexibility index (Phi) is 3.40. The van der Waals surface area contributed by atoms with Crippen molar-refractivity contribution in [2.75, 3.05) is 5.32 Å². The first-order valence-corrected chi connectivity index (χ1v) is 7.51. The number of rotatable bonds is 4. The van der Waals surface area contributed by atoms with E-state index in [-0.39, 0.29) is 0 Å². The number of hydrogen-bond donors (Lipinski definition) is 1. The van der Waals surface area contributed by atoms with Crippen LogP contribution in [0.25, 0.3) is 0 Å². The van der Waals surface area contributed by atoms with Crippen LogP contribution in [0.3, 0.4) is 0 Å². The zero-order valence-electron chi connectivity index (χ0n) is 11.2. The van der Waals surface area contributed by atoms with Crippen molar-refractivity contribution in [1.29, 1.82) is 0 Å². The highest BCUT2D eigenvalue weighted by molar-refractivity contribution is 9.10. The summed E-state index contributed by atoms with van der Waals surface area (Å²) in [6.07, 6.45) is 1.27. The Morgan fingerprint density at radius 2 is 2.11 bits per heavy atom. The van der Waals surface area contributed by atoms with E-state index in [4.69, 9.17) is 4.42 Å². The van der Waals surface area contributed by atoms with Crippen LogP contribution in [0, 0.1) is 12.8 Å². The lowest BCUT2D eigenvalue weighted by molar-refractivity contribution is 0.468. The highest BCUT2D eigenvalue weighted by atomic mass is 79.9. The number of benzene rings is 1. The maximum Gasteiger partial charge on any atom is 0.123 e. The summed E-state index contributed by atoms with van der Waals surface area (Å²) in [5.41, 5.74) is 2.39. The van der Waals surface area contributed by atoms with Crippen molar-refractivity contribution in [3.8, 4) is 0 Å². The number of halogens is 1. The van der Waals surface area contributed by atoms with E-state index in [0.717, 1.165) is 34.1 Å². The van der Waals surface area contributed by atoms with E-state index in [1.165, 1.54) is 12.0 Å². The van der Waals surface area contributed by atoms with Gasteiger partial charge in [-0.1, -0.05) is 22.9 Å². The van der Waals surface area contributed by atoms with Gasteiger partial charge in [-0.15, -0.1) is 0 Å². The monoisotopic (exact) mass is 319 g/mol. The summed E-state index contributed by atoms with van der Waals surface area (Å²) in [5, 5.41) is 3.43. The van der Waals surface area contributed by atoms with Crippen LogP contribution in [0.15, 0.2) is 39.2 Å². The number of nitrogens with one attached hydrogen (secondary N) is 1. The van der Waals surface area contributed by atoms with Gasteiger partial charge < -0.3 is 9.73 Å². The molecule has 19 heavy (non-hydrogen) atoms. The average Bonchev–Trinajstić information content (AvgIpc) is 2.91. The van der Waals surface area contributed by atoms with E-state index in [0.29, 0.717) is 5.92 Å². The lowest BCUT2D eigenvalue weighted by Crippen LogP contribution is -1.99. The molecule has 100 valence electrons. The lowest BCUT2D eigenvalue weighted by Gasteiger charge is -2.08. The third-order valence-electron chi connectivity index (χ3n) is 3.80. The van der Waals surface area contributed by atoms with Gasteiger partial charge in [0, 0.05) is 16.1 Å². The fraction of sp³-hybridized carbons (Fsp3) is 0.375. The molecule has 1 aromatic carbocycles. The largest absolute Gasteiger partial charge is 0.464 e. The van der Waals surface area contributed by atoms with E-state index in [1.807, 2.05) is 0 Å². The van der Waals surface area contributed by atoms with E-state index >= 15 is 0 Å². The summed E-state index contributed by atoms with van der Waals surface area (Å²) >= 11 is 3.48. The molecular formula is C16H18BrNO. The number of furan rings is 1. The van der Waals surface area contributed by atoms with Gasteiger partial charge in [0.15, 0.2) is 0 Å². The SMILES string of the molecule is Cc1cc(Br)ccc1NCc1ccc(C2CC2C)o1. The van der Waals surface area contributed by atoms with Crippen molar-refractivity contribution in [2.45, 2.75) is 32.7 Å². The zero-order chi connectivity index (χ0) is 13.4. The number of anilines is 1. The van der Waals surface area contributed by atoms with Crippen LogP contribution in [0.4, 0.5) is 5.69 Å². The van der Waals surface area contributed by atoms with Crippen molar-refractivity contribution in [3.05, 3.63) is 51.9 Å². The number of aryl methyl sites for hydroxylation is 1. The lowest BCUT2D eigenvalue weighted by atomic mass is 10.2. The third-order valence-corrected chi connectivity index (χ3v) is 4.29. The standard InChI is InChI=1S/C16H18BrNO/c1-10-8-14(10)16-6-4-13(19-16)9-18-15-5-3-12(17)7-11(15)2/h3-7,10,14,18H,8-9H2,1-2H3. The minimum Gasteiger partial charge on any atom is -0.464 e. The van der Waals surface area contributed by atoms with Crippen molar-refractivity contribution >= 4 is 21.6 Å². The van der Waals surface area contributed by atoms with Gasteiger partial charge in [0.2, 0.25) is 0 Å². The second-order valence-corrected chi connectivity index (χ2v) is 6.35. The van der Waals surface area contributed by atoms with Crippen LogP contribution in [0.2, 0.25) is 0 Å². The molecule has 1 aliphatic carbocycles. The van der Waals surface area contributed by atoms with E-state index in [1.54, 1.807) is 0 Å². The topological polar surface area (TPSA) is 25.2 Å². The Balaban J connectivity index is 1.64. The smallest absolute Gasteiger partial charge is 0.123 e. The second-order valence-electron chi connectivity index (χ2n) is 5.44. The van der Waals surface area contributed by atoms with Gasteiger partial charge in [-0.3, -0.25) is 0 Å². The Labute approximate surface area is 122 Å². The predicted octanol–water partition coefficient (Wildman–Crippen LogP) is 5.09. The summed E-state index contributed by atoms with van der Waals surface area (Å²) in [5.74, 6) is 3.61. The Morgan fingerprint density at radius 1 is 1.32 bits per heavy atom. The van der Waals surface area contributed by atoms with Crippen molar-refractivity contribution in [1.82, 2.24) is 0 Å². The average molecular weight is 320 g/mol. The van der Waals surface area contributed by atoms with Gasteiger partial charge in [0.25, 0.3) is 0 Å². The second kappa shape index (κ2) is 5.04. The van der Waals surface area contributed by atoms with Crippen LogP contribution in [0.1, 0.15) is 36.3 Å². The molecule has 0 saturated heterocycles. The summed E-state index contributed by atoms with van der Waals surface area (Å²) in [6.45, 7) is 5.12. The van der Waals surface area contributed by atoms with Gasteiger partial charge in [0.05, 0.1) is 6.54 Å². The molecule has 2 atom stereocenters. The molecule has 1 N–H and O–H groups in total.